The molecule has 0 fully saturated rings. The van der Waals surface area contributed by atoms with Crippen LogP contribution in [-0.2, 0) is 16.1 Å². The summed E-state index contributed by atoms with van der Waals surface area (Å²) in [5.74, 6) is 0.389. The summed E-state index contributed by atoms with van der Waals surface area (Å²) < 4.78 is 9.46. The fourth-order valence-electron chi connectivity index (χ4n) is 1.03. The Labute approximate surface area is 82.4 Å². The first-order valence-corrected chi connectivity index (χ1v) is 4.42. The molecule has 5 nitrogen and oxygen atoms in total. The zero-order chi connectivity index (χ0) is 10.4. The first-order valence-electron chi connectivity index (χ1n) is 4.42. The molecule has 78 valence electrons. The van der Waals surface area contributed by atoms with E-state index in [1.165, 1.54) is 7.11 Å². The van der Waals surface area contributed by atoms with E-state index in [0.717, 1.165) is 5.76 Å². The standard InChI is InChI=1S/C9H14N2O3/c1-7(9(12)13-2)5-10-6-8-3-4-11-14-8/h3-4,7,10H,5-6H2,1-2H3. The molecular weight excluding hydrogens is 184 g/mol. The molecule has 0 aliphatic heterocycles. The van der Waals surface area contributed by atoms with Gasteiger partial charge in [0, 0.05) is 12.6 Å². The lowest BCUT2D eigenvalue weighted by atomic mass is 10.2. The number of hydrogen-bond acceptors (Lipinski definition) is 5. The van der Waals surface area contributed by atoms with Crippen molar-refractivity contribution >= 4 is 5.97 Å². The minimum Gasteiger partial charge on any atom is -0.469 e. The van der Waals surface area contributed by atoms with E-state index in [1.807, 2.05) is 0 Å². The van der Waals surface area contributed by atoms with Crippen molar-refractivity contribution in [1.82, 2.24) is 10.5 Å². The lowest BCUT2D eigenvalue weighted by molar-refractivity contribution is -0.144. The van der Waals surface area contributed by atoms with E-state index in [1.54, 1.807) is 19.2 Å². The van der Waals surface area contributed by atoms with Crippen LogP contribution in [0.2, 0.25) is 0 Å². The SMILES string of the molecule is COC(=O)C(C)CNCc1ccno1. The molecule has 1 aromatic heterocycles. The van der Waals surface area contributed by atoms with E-state index in [-0.39, 0.29) is 11.9 Å². The molecule has 0 spiro atoms. The van der Waals surface area contributed by atoms with Crippen molar-refractivity contribution in [2.45, 2.75) is 13.5 Å². The minimum atomic E-state index is -0.213. The molecule has 5 heteroatoms. The van der Waals surface area contributed by atoms with Crippen LogP contribution in [0, 0.1) is 5.92 Å². The Morgan fingerprint density at radius 3 is 3.14 bits per heavy atom. The minimum absolute atomic E-state index is 0.150. The highest BCUT2D eigenvalue weighted by molar-refractivity contribution is 5.71. The van der Waals surface area contributed by atoms with Crippen LogP contribution in [0.25, 0.3) is 0 Å². The Bertz CT molecular complexity index is 272. The highest BCUT2D eigenvalue weighted by Gasteiger charge is 2.12. The summed E-state index contributed by atoms with van der Waals surface area (Å²) in [4.78, 5) is 11.0. The Kier molecular flexibility index (Phi) is 4.12. The molecule has 14 heavy (non-hydrogen) atoms. The van der Waals surface area contributed by atoms with Gasteiger partial charge in [-0.15, -0.1) is 0 Å². The Morgan fingerprint density at radius 1 is 1.79 bits per heavy atom. The first kappa shape index (κ1) is 10.7. The number of ether oxygens (including phenoxy) is 1. The molecule has 0 saturated heterocycles. The van der Waals surface area contributed by atoms with E-state index in [9.17, 15) is 4.79 Å². The number of carbonyl (C=O) groups excluding carboxylic acids is 1. The van der Waals surface area contributed by atoms with Gasteiger partial charge in [-0.05, 0) is 0 Å². The molecule has 0 saturated carbocycles. The van der Waals surface area contributed by atoms with E-state index in [0.29, 0.717) is 13.1 Å². The second kappa shape index (κ2) is 5.39. The summed E-state index contributed by atoms with van der Waals surface area (Å²) in [5.41, 5.74) is 0. The maximum absolute atomic E-state index is 11.0. The van der Waals surface area contributed by atoms with Gasteiger partial charge in [0.05, 0.1) is 25.8 Å². The summed E-state index contributed by atoms with van der Waals surface area (Å²) in [5, 5.41) is 6.63. The lowest BCUT2D eigenvalue weighted by Crippen LogP contribution is -2.26. The molecule has 0 amide bonds. The van der Waals surface area contributed by atoms with Crippen molar-refractivity contribution in [2.24, 2.45) is 5.92 Å². The van der Waals surface area contributed by atoms with Crippen LogP contribution in [0.3, 0.4) is 0 Å². The Morgan fingerprint density at radius 2 is 2.57 bits per heavy atom. The predicted molar refractivity (Wildman–Crippen MR) is 49.4 cm³/mol. The third-order valence-electron chi connectivity index (χ3n) is 1.84. The molecular formula is C9H14N2O3. The summed E-state index contributed by atoms with van der Waals surface area (Å²) in [7, 11) is 1.38. The van der Waals surface area contributed by atoms with Crippen molar-refractivity contribution in [3.8, 4) is 0 Å². The van der Waals surface area contributed by atoms with Crippen LogP contribution in [0.5, 0.6) is 0 Å². The van der Waals surface area contributed by atoms with Crippen LogP contribution in [0.15, 0.2) is 16.8 Å². The van der Waals surface area contributed by atoms with Gasteiger partial charge in [0.2, 0.25) is 0 Å². The number of aromatic nitrogens is 1. The monoisotopic (exact) mass is 198 g/mol. The molecule has 1 atom stereocenters. The van der Waals surface area contributed by atoms with Gasteiger partial charge in [0.15, 0.2) is 0 Å². The molecule has 1 unspecified atom stereocenters. The largest absolute Gasteiger partial charge is 0.469 e. The zero-order valence-corrected chi connectivity index (χ0v) is 8.32. The number of methoxy groups -OCH3 is 1. The van der Waals surface area contributed by atoms with Gasteiger partial charge in [0.1, 0.15) is 5.76 Å². The maximum Gasteiger partial charge on any atom is 0.309 e. The van der Waals surface area contributed by atoms with Gasteiger partial charge >= 0.3 is 5.97 Å². The van der Waals surface area contributed by atoms with Crippen molar-refractivity contribution in [1.29, 1.82) is 0 Å². The van der Waals surface area contributed by atoms with Crippen LogP contribution < -0.4 is 5.32 Å². The number of esters is 1. The number of nitrogens with zero attached hydrogens (tertiary/aromatic N) is 1. The normalized spacial score (nSPS) is 12.4. The molecule has 0 aromatic carbocycles. The van der Waals surface area contributed by atoms with Crippen LogP contribution in [0.1, 0.15) is 12.7 Å². The van der Waals surface area contributed by atoms with Gasteiger partial charge in [-0.3, -0.25) is 4.79 Å². The highest BCUT2D eigenvalue weighted by Crippen LogP contribution is 1.98. The average molecular weight is 198 g/mol. The molecule has 0 aliphatic carbocycles. The smallest absolute Gasteiger partial charge is 0.309 e. The molecule has 1 aromatic rings. The summed E-state index contributed by atoms with van der Waals surface area (Å²) in [6.07, 6.45) is 1.58. The summed E-state index contributed by atoms with van der Waals surface area (Å²) >= 11 is 0. The fraction of sp³-hybridized carbons (Fsp3) is 0.556. The molecule has 1 heterocycles. The van der Waals surface area contributed by atoms with E-state index in [2.05, 4.69) is 15.2 Å². The van der Waals surface area contributed by atoms with Crippen molar-refractivity contribution in [2.75, 3.05) is 13.7 Å². The van der Waals surface area contributed by atoms with E-state index >= 15 is 0 Å². The number of rotatable bonds is 5. The van der Waals surface area contributed by atoms with Gasteiger partial charge in [-0.1, -0.05) is 12.1 Å². The highest BCUT2D eigenvalue weighted by atomic mass is 16.5. The number of carbonyl (C=O) groups is 1. The third kappa shape index (κ3) is 3.18. The fourth-order valence-corrected chi connectivity index (χ4v) is 1.03. The third-order valence-corrected chi connectivity index (χ3v) is 1.84. The second-order valence-corrected chi connectivity index (χ2v) is 3.03. The van der Waals surface area contributed by atoms with Gasteiger partial charge in [-0.25, -0.2) is 0 Å². The first-order chi connectivity index (χ1) is 6.74. The van der Waals surface area contributed by atoms with Crippen molar-refractivity contribution in [3.63, 3.8) is 0 Å². The number of hydrogen-bond donors (Lipinski definition) is 1. The van der Waals surface area contributed by atoms with Gasteiger partial charge in [-0.2, -0.15) is 0 Å². The van der Waals surface area contributed by atoms with Crippen LogP contribution in [-0.4, -0.2) is 24.8 Å². The van der Waals surface area contributed by atoms with E-state index in [4.69, 9.17) is 4.52 Å². The van der Waals surface area contributed by atoms with Gasteiger partial charge in [0.25, 0.3) is 0 Å². The molecule has 0 radical (unpaired) electrons. The van der Waals surface area contributed by atoms with Crippen LogP contribution >= 0.6 is 0 Å². The second-order valence-electron chi connectivity index (χ2n) is 3.03. The summed E-state index contributed by atoms with van der Waals surface area (Å²) in [6.45, 7) is 2.94. The average Bonchev–Trinajstić information content (AvgIpc) is 2.69. The van der Waals surface area contributed by atoms with Crippen LogP contribution in [0.4, 0.5) is 0 Å². The molecule has 1 N–H and O–H groups in total. The predicted octanol–water partition coefficient (Wildman–Crippen LogP) is 0.573. The Hall–Kier alpha value is -1.36. The summed E-state index contributed by atoms with van der Waals surface area (Å²) in [6, 6.07) is 1.77. The Balaban J connectivity index is 2.18. The molecule has 0 bridgehead atoms. The molecule has 1 rings (SSSR count). The topological polar surface area (TPSA) is 64.4 Å². The quantitative estimate of drug-likeness (QED) is 0.701. The van der Waals surface area contributed by atoms with Crippen molar-refractivity contribution < 1.29 is 14.1 Å². The zero-order valence-electron chi connectivity index (χ0n) is 8.32. The van der Waals surface area contributed by atoms with Gasteiger partial charge < -0.3 is 14.6 Å². The molecule has 0 aliphatic rings. The van der Waals surface area contributed by atoms with E-state index < -0.39 is 0 Å². The lowest BCUT2D eigenvalue weighted by Gasteiger charge is -2.08. The van der Waals surface area contributed by atoms with Crippen molar-refractivity contribution in [3.05, 3.63) is 18.0 Å². The maximum atomic E-state index is 11.0. The number of nitrogens with one attached hydrogen (secondary N) is 1.